The second-order valence-corrected chi connectivity index (χ2v) is 7.06. The SMILES string of the molecule is COc1cc(N2CCN(C3(C)CC3)CC2)c(Br)cc1[N+](=O)[O-]. The molecule has 7 heteroatoms. The maximum absolute atomic E-state index is 11.1. The third-order valence-electron chi connectivity index (χ3n) is 4.80. The first-order chi connectivity index (χ1) is 10.4. The largest absolute Gasteiger partial charge is 0.490 e. The highest BCUT2D eigenvalue weighted by Gasteiger charge is 2.44. The first-order valence-corrected chi connectivity index (χ1v) is 8.26. The molecule has 6 nitrogen and oxygen atoms in total. The van der Waals surface area contributed by atoms with Crippen molar-refractivity contribution in [1.82, 2.24) is 4.90 Å². The Bertz CT molecular complexity index is 596. The molecule has 0 N–H and O–H groups in total. The average molecular weight is 370 g/mol. The number of hydrogen-bond donors (Lipinski definition) is 0. The van der Waals surface area contributed by atoms with E-state index in [2.05, 4.69) is 32.7 Å². The number of halogens is 1. The summed E-state index contributed by atoms with van der Waals surface area (Å²) in [5.74, 6) is 0.305. The molecule has 2 fully saturated rings. The summed E-state index contributed by atoms with van der Waals surface area (Å²) in [6.45, 7) is 6.24. The first kappa shape index (κ1) is 15.6. The van der Waals surface area contributed by atoms with Crippen molar-refractivity contribution >= 4 is 27.3 Å². The van der Waals surface area contributed by atoms with E-state index in [0.29, 0.717) is 11.3 Å². The van der Waals surface area contributed by atoms with Gasteiger partial charge < -0.3 is 9.64 Å². The number of nitro benzene ring substituents is 1. The summed E-state index contributed by atoms with van der Waals surface area (Å²) in [7, 11) is 1.46. The van der Waals surface area contributed by atoms with E-state index >= 15 is 0 Å². The first-order valence-electron chi connectivity index (χ1n) is 7.46. The molecule has 0 aromatic heterocycles. The van der Waals surface area contributed by atoms with Crippen molar-refractivity contribution in [2.45, 2.75) is 25.3 Å². The van der Waals surface area contributed by atoms with Crippen molar-refractivity contribution in [2.75, 3.05) is 38.2 Å². The highest BCUT2D eigenvalue weighted by molar-refractivity contribution is 9.10. The molecule has 0 unspecified atom stereocenters. The van der Waals surface area contributed by atoms with E-state index in [1.54, 1.807) is 6.07 Å². The van der Waals surface area contributed by atoms with E-state index in [9.17, 15) is 10.1 Å². The number of benzene rings is 1. The van der Waals surface area contributed by atoms with Gasteiger partial charge >= 0.3 is 5.69 Å². The van der Waals surface area contributed by atoms with Crippen molar-refractivity contribution < 1.29 is 9.66 Å². The Morgan fingerprint density at radius 2 is 1.91 bits per heavy atom. The van der Waals surface area contributed by atoms with Gasteiger partial charge in [-0.05, 0) is 35.7 Å². The van der Waals surface area contributed by atoms with Crippen LogP contribution in [0.4, 0.5) is 11.4 Å². The Balaban J connectivity index is 1.79. The van der Waals surface area contributed by atoms with E-state index in [4.69, 9.17) is 4.74 Å². The summed E-state index contributed by atoms with van der Waals surface area (Å²) in [6, 6.07) is 3.29. The molecule has 1 aromatic carbocycles. The van der Waals surface area contributed by atoms with Crippen LogP contribution >= 0.6 is 15.9 Å². The van der Waals surface area contributed by atoms with Gasteiger partial charge in [-0.3, -0.25) is 15.0 Å². The third kappa shape index (κ3) is 2.79. The molecular formula is C15H20BrN3O3. The zero-order valence-corrected chi connectivity index (χ0v) is 14.4. The summed E-state index contributed by atoms with van der Waals surface area (Å²) in [6.07, 6.45) is 2.59. The van der Waals surface area contributed by atoms with Gasteiger partial charge in [0.2, 0.25) is 0 Å². The molecule has 0 bridgehead atoms. The fourth-order valence-electron chi connectivity index (χ4n) is 3.06. The van der Waals surface area contributed by atoms with Gasteiger partial charge in [-0.25, -0.2) is 0 Å². The number of nitro groups is 1. The molecule has 1 aliphatic heterocycles. The standard InChI is InChI=1S/C15H20BrN3O3/c1-15(3-4-15)18-7-5-17(6-8-18)12-10-14(22-2)13(19(20)21)9-11(12)16/h9-10H,3-8H2,1-2H3. The normalized spacial score (nSPS) is 20.8. The molecule has 22 heavy (non-hydrogen) atoms. The van der Waals surface area contributed by atoms with Crippen molar-refractivity contribution in [2.24, 2.45) is 0 Å². The Morgan fingerprint density at radius 3 is 2.41 bits per heavy atom. The number of nitrogens with zero attached hydrogens (tertiary/aromatic N) is 3. The van der Waals surface area contributed by atoms with Gasteiger partial charge in [-0.2, -0.15) is 0 Å². The lowest BCUT2D eigenvalue weighted by Crippen LogP contribution is -2.50. The van der Waals surface area contributed by atoms with Crippen LogP contribution in [0.5, 0.6) is 5.75 Å². The molecule has 0 atom stereocenters. The van der Waals surface area contributed by atoms with E-state index in [1.807, 2.05) is 0 Å². The van der Waals surface area contributed by atoms with Crippen LogP contribution in [-0.2, 0) is 0 Å². The molecule has 1 aliphatic carbocycles. The highest BCUT2D eigenvalue weighted by Crippen LogP contribution is 2.42. The van der Waals surface area contributed by atoms with Crippen molar-refractivity contribution in [3.8, 4) is 5.75 Å². The molecular weight excluding hydrogens is 350 g/mol. The molecule has 1 heterocycles. The highest BCUT2D eigenvalue weighted by atomic mass is 79.9. The molecule has 0 spiro atoms. The summed E-state index contributed by atoms with van der Waals surface area (Å²) in [5.41, 5.74) is 1.36. The van der Waals surface area contributed by atoms with Crippen molar-refractivity contribution in [3.63, 3.8) is 0 Å². The lowest BCUT2D eigenvalue weighted by molar-refractivity contribution is -0.385. The van der Waals surface area contributed by atoms with Crippen LogP contribution in [0.15, 0.2) is 16.6 Å². The molecule has 120 valence electrons. The van der Waals surface area contributed by atoms with E-state index in [1.165, 1.54) is 26.0 Å². The second-order valence-electron chi connectivity index (χ2n) is 6.20. The zero-order chi connectivity index (χ0) is 15.9. The molecule has 2 aliphatic rings. The van der Waals surface area contributed by atoms with Crippen LogP contribution < -0.4 is 9.64 Å². The monoisotopic (exact) mass is 369 g/mol. The average Bonchev–Trinajstić information content (AvgIpc) is 3.26. The van der Waals surface area contributed by atoms with Crippen LogP contribution in [0.1, 0.15) is 19.8 Å². The van der Waals surface area contributed by atoms with Gasteiger partial charge in [0, 0.05) is 48.3 Å². The lowest BCUT2D eigenvalue weighted by atomic mass is 10.2. The van der Waals surface area contributed by atoms with Crippen molar-refractivity contribution in [1.29, 1.82) is 0 Å². The topological polar surface area (TPSA) is 58.8 Å². The fourth-order valence-corrected chi connectivity index (χ4v) is 3.65. The number of rotatable bonds is 4. The summed E-state index contributed by atoms with van der Waals surface area (Å²) in [4.78, 5) is 15.5. The molecule has 0 amide bonds. The van der Waals surface area contributed by atoms with Gasteiger partial charge in [0.05, 0.1) is 17.7 Å². The Hall–Kier alpha value is -1.34. The number of methoxy groups -OCH3 is 1. The molecule has 1 saturated heterocycles. The Kier molecular flexibility index (Phi) is 4.03. The molecule has 3 rings (SSSR count). The van der Waals surface area contributed by atoms with E-state index in [0.717, 1.165) is 36.3 Å². The smallest absolute Gasteiger partial charge is 0.312 e. The number of piperazine rings is 1. The number of ether oxygens (including phenoxy) is 1. The van der Waals surface area contributed by atoms with Gasteiger partial charge in [0.1, 0.15) is 0 Å². The molecule has 1 aromatic rings. The predicted octanol–water partition coefficient (Wildman–Crippen LogP) is 3.04. The van der Waals surface area contributed by atoms with Crippen LogP contribution in [0.3, 0.4) is 0 Å². The number of hydrogen-bond acceptors (Lipinski definition) is 5. The van der Waals surface area contributed by atoms with Gasteiger partial charge in [-0.15, -0.1) is 0 Å². The maximum atomic E-state index is 11.1. The Labute approximate surface area is 138 Å². The zero-order valence-electron chi connectivity index (χ0n) is 12.8. The van der Waals surface area contributed by atoms with Crippen LogP contribution in [0, 0.1) is 10.1 Å². The summed E-state index contributed by atoms with van der Waals surface area (Å²) in [5, 5.41) is 11.1. The predicted molar refractivity (Wildman–Crippen MR) is 88.8 cm³/mol. The minimum atomic E-state index is -0.417. The minimum absolute atomic E-state index is 0.0118. The van der Waals surface area contributed by atoms with Gasteiger partial charge in [0.25, 0.3) is 0 Å². The van der Waals surface area contributed by atoms with Crippen LogP contribution in [0.25, 0.3) is 0 Å². The summed E-state index contributed by atoms with van der Waals surface area (Å²) >= 11 is 3.47. The second kappa shape index (κ2) is 5.70. The van der Waals surface area contributed by atoms with E-state index < -0.39 is 4.92 Å². The van der Waals surface area contributed by atoms with Gasteiger partial charge in [-0.1, -0.05) is 0 Å². The lowest BCUT2D eigenvalue weighted by Gasteiger charge is -2.39. The van der Waals surface area contributed by atoms with Crippen LogP contribution in [0.2, 0.25) is 0 Å². The molecule has 0 radical (unpaired) electrons. The van der Waals surface area contributed by atoms with Crippen LogP contribution in [-0.4, -0.2) is 48.7 Å². The van der Waals surface area contributed by atoms with Gasteiger partial charge in [0.15, 0.2) is 5.75 Å². The van der Waals surface area contributed by atoms with E-state index in [-0.39, 0.29) is 5.69 Å². The molecule has 1 saturated carbocycles. The third-order valence-corrected chi connectivity index (χ3v) is 5.44. The maximum Gasteiger partial charge on any atom is 0.312 e. The number of anilines is 1. The summed E-state index contributed by atoms with van der Waals surface area (Å²) < 4.78 is 5.92. The minimum Gasteiger partial charge on any atom is -0.490 e. The fraction of sp³-hybridized carbons (Fsp3) is 0.600. The quantitative estimate of drug-likeness (QED) is 0.602. The Morgan fingerprint density at radius 1 is 1.27 bits per heavy atom. The van der Waals surface area contributed by atoms with Crippen molar-refractivity contribution in [3.05, 3.63) is 26.7 Å².